The van der Waals surface area contributed by atoms with Crippen molar-refractivity contribution in [3.05, 3.63) is 65.3 Å². The molecular weight excluding hydrogens is 274 g/mol. The Morgan fingerprint density at radius 2 is 1.86 bits per heavy atom. The first-order valence-corrected chi connectivity index (χ1v) is 6.65. The number of hydrogen-bond acceptors (Lipinski definition) is 2. The van der Waals surface area contributed by atoms with E-state index >= 15 is 0 Å². The Labute approximate surface area is 122 Å². The van der Waals surface area contributed by atoms with Crippen molar-refractivity contribution < 1.29 is 18.3 Å². The van der Waals surface area contributed by atoms with Crippen molar-refractivity contribution in [3.8, 4) is 0 Å². The van der Waals surface area contributed by atoms with Crippen LogP contribution >= 0.6 is 0 Å². The number of benzene rings is 1. The zero-order chi connectivity index (χ0) is 15.4. The SMILES string of the molecule is CC(=O)OC1C=CC(/C=C/c2cc(F)cc(F)c2)=CC1C. The van der Waals surface area contributed by atoms with E-state index in [-0.39, 0.29) is 18.0 Å². The van der Waals surface area contributed by atoms with Crippen molar-refractivity contribution in [2.75, 3.05) is 0 Å². The smallest absolute Gasteiger partial charge is 0.303 e. The van der Waals surface area contributed by atoms with Gasteiger partial charge < -0.3 is 4.74 Å². The average molecular weight is 290 g/mol. The molecular formula is C17H16F2O2. The highest BCUT2D eigenvalue weighted by atomic mass is 19.1. The molecule has 0 saturated carbocycles. The van der Waals surface area contributed by atoms with Gasteiger partial charge >= 0.3 is 5.97 Å². The zero-order valence-corrected chi connectivity index (χ0v) is 11.8. The van der Waals surface area contributed by atoms with E-state index in [0.717, 1.165) is 11.6 Å². The second-order valence-corrected chi connectivity index (χ2v) is 5.00. The number of ether oxygens (including phenoxy) is 1. The topological polar surface area (TPSA) is 26.3 Å². The fraction of sp³-hybridized carbons (Fsp3) is 0.235. The van der Waals surface area contributed by atoms with E-state index in [1.165, 1.54) is 19.1 Å². The predicted molar refractivity (Wildman–Crippen MR) is 77.3 cm³/mol. The van der Waals surface area contributed by atoms with Crippen LogP contribution in [-0.4, -0.2) is 12.1 Å². The fourth-order valence-electron chi connectivity index (χ4n) is 2.15. The van der Waals surface area contributed by atoms with Crippen LogP contribution in [0.3, 0.4) is 0 Å². The van der Waals surface area contributed by atoms with E-state index in [4.69, 9.17) is 4.74 Å². The van der Waals surface area contributed by atoms with E-state index in [1.54, 1.807) is 18.2 Å². The summed E-state index contributed by atoms with van der Waals surface area (Å²) in [6, 6.07) is 3.36. The molecule has 1 aliphatic carbocycles. The molecule has 0 aliphatic heterocycles. The number of hydrogen-bond donors (Lipinski definition) is 0. The van der Waals surface area contributed by atoms with Gasteiger partial charge in [-0.2, -0.15) is 0 Å². The Balaban J connectivity index is 2.09. The van der Waals surface area contributed by atoms with Gasteiger partial charge in [-0.05, 0) is 29.3 Å². The van der Waals surface area contributed by atoms with Gasteiger partial charge in [0.25, 0.3) is 0 Å². The fourth-order valence-corrected chi connectivity index (χ4v) is 2.15. The molecule has 1 aromatic carbocycles. The number of allylic oxidation sites excluding steroid dienone is 3. The molecule has 1 aliphatic rings. The van der Waals surface area contributed by atoms with E-state index in [2.05, 4.69) is 0 Å². The van der Waals surface area contributed by atoms with Crippen LogP contribution in [0.5, 0.6) is 0 Å². The standard InChI is InChI=1S/C17H16F2O2/c1-11-7-13(5-6-17(11)21-12(2)20)3-4-14-8-15(18)10-16(19)9-14/h3-11,17H,1-2H3/b4-3+. The van der Waals surface area contributed by atoms with Crippen LogP contribution in [-0.2, 0) is 9.53 Å². The van der Waals surface area contributed by atoms with Crippen LogP contribution in [0.2, 0.25) is 0 Å². The van der Waals surface area contributed by atoms with Gasteiger partial charge in [0.15, 0.2) is 0 Å². The molecule has 110 valence electrons. The van der Waals surface area contributed by atoms with Gasteiger partial charge in [-0.25, -0.2) is 8.78 Å². The molecule has 21 heavy (non-hydrogen) atoms. The molecule has 1 aromatic rings. The molecule has 2 nitrogen and oxygen atoms in total. The summed E-state index contributed by atoms with van der Waals surface area (Å²) >= 11 is 0. The number of rotatable bonds is 3. The lowest BCUT2D eigenvalue weighted by Crippen LogP contribution is -2.22. The predicted octanol–water partition coefficient (Wildman–Crippen LogP) is 4.04. The third kappa shape index (κ3) is 4.38. The van der Waals surface area contributed by atoms with Crippen LogP contribution < -0.4 is 0 Å². The third-order valence-electron chi connectivity index (χ3n) is 3.11. The Bertz CT molecular complexity index is 609. The molecule has 0 bridgehead atoms. The molecule has 2 unspecified atom stereocenters. The molecule has 0 radical (unpaired) electrons. The van der Waals surface area contributed by atoms with Gasteiger partial charge in [-0.15, -0.1) is 0 Å². The van der Waals surface area contributed by atoms with E-state index in [1.807, 2.05) is 19.1 Å². The second-order valence-electron chi connectivity index (χ2n) is 5.00. The van der Waals surface area contributed by atoms with Crippen molar-refractivity contribution in [2.45, 2.75) is 20.0 Å². The highest BCUT2D eigenvalue weighted by Crippen LogP contribution is 2.21. The maximum Gasteiger partial charge on any atom is 0.303 e. The minimum absolute atomic E-state index is 0.0443. The highest BCUT2D eigenvalue weighted by Gasteiger charge is 2.18. The minimum Gasteiger partial charge on any atom is -0.458 e. The van der Waals surface area contributed by atoms with Crippen molar-refractivity contribution in [2.24, 2.45) is 5.92 Å². The van der Waals surface area contributed by atoms with Crippen molar-refractivity contribution in [1.29, 1.82) is 0 Å². The first-order chi connectivity index (χ1) is 9.94. The molecule has 4 heteroatoms. The van der Waals surface area contributed by atoms with E-state index in [9.17, 15) is 13.6 Å². The molecule has 0 fully saturated rings. The Morgan fingerprint density at radius 3 is 2.43 bits per heavy atom. The van der Waals surface area contributed by atoms with E-state index < -0.39 is 11.6 Å². The molecule has 0 amide bonds. The third-order valence-corrected chi connectivity index (χ3v) is 3.11. The second kappa shape index (κ2) is 6.48. The number of esters is 1. The van der Waals surface area contributed by atoms with Gasteiger partial charge in [0, 0.05) is 18.9 Å². The van der Waals surface area contributed by atoms with Crippen LogP contribution in [0, 0.1) is 17.6 Å². The lowest BCUT2D eigenvalue weighted by atomic mass is 9.94. The molecule has 2 atom stereocenters. The average Bonchev–Trinajstić information content (AvgIpc) is 2.38. The van der Waals surface area contributed by atoms with Crippen molar-refractivity contribution in [3.63, 3.8) is 0 Å². The molecule has 0 aromatic heterocycles. The summed E-state index contributed by atoms with van der Waals surface area (Å²) < 4.78 is 31.3. The molecule has 0 saturated heterocycles. The van der Waals surface area contributed by atoms with Gasteiger partial charge in [-0.1, -0.05) is 31.2 Å². The highest BCUT2D eigenvalue weighted by molar-refractivity contribution is 5.66. The molecule has 0 spiro atoms. The lowest BCUT2D eigenvalue weighted by molar-refractivity contribution is -0.145. The number of carbonyl (C=O) groups is 1. The Morgan fingerprint density at radius 1 is 1.19 bits per heavy atom. The number of carbonyl (C=O) groups excluding carboxylic acids is 1. The largest absolute Gasteiger partial charge is 0.458 e. The summed E-state index contributed by atoms with van der Waals surface area (Å²) in [5, 5.41) is 0. The Hall–Kier alpha value is -2.23. The first-order valence-electron chi connectivity index (χ1n) is 6.65. The van der Waals surface area contributed by atoms with Crippen LogP contribution in [0.1, 0.15) is 19.4 Å². The molecule has 0 heterocycles. The quantitative estimate of drug-likeness (QED) is 0.785. The maximum absolute atomic E-state index is 13.1. The monoisotopic (exact) mass is 290 g/mol. The Kier molecular flexibility index (Phi) is 4.68. The molecule has 0 N–H and O–H groups in total. The summed E-state index contributed by atoms with van der Waals surface area (Å²) in [6.07, 6.45) is 8.70. The van der Waals surface area contributed by atoms with E-state index in [0.29, 0.717) is 5.56 Å². The first kappa shape index (κ1) is 15.2. The minimum atomic E-state index is -0.605. The summed E-state index contributed by atoms with van der Waals surface area (Å²) in [5.41, 5.74) is 1.35. The van der Waals surface area contributed by atoms with Crippen LogP contribution in [0.15, 0.2) is 48.1 Å². The zero-order valence-electron chi connectivity index (χ0n) is 11.8. The lowest BCUT2D eigenvalue weighted by Gasteiger charge is -2.21. The summed E-state index contributed by atoms with van der Waals surface area (Å²) in [6.45, 7) is 3.31. The maximum atomic E-state index is 13.1. The molecule has 2 rings (SSSR count). The van der Waals surface area contributed by atoms with Crippen molar-refractivity contribution >= 4 is 12.0 Å². The number of halogens is 2. The summed E-state index contributed by atoms with van der Waals surface area (Å²) in [5.74, 6) is -1.49. The van der Waals surface area contributed by atoms with Crippen LogP contribution in [0.25, 0.3) is 6.08 Å². The van der Waals surface area contributed by atoms with Crippen LogP contribution in [0.4, 0.5) is 8.78 Å². The summed E-state index contributed by atoms with van der Waals surface area (Å²) in [7, 11) is 0. The normalized spacial score (nSPS) is 21.4. The van der Waals surface area contributed by atoms with Gasteiger partial charge in [0.2, 0.25) is 0 Å². The van der Waals surface area contributed by atoms with Gasteiger partial charge in [0.1, 0.15) is 17.7 Å². The van der Waals surface area contributed by atoms with Crippen molar-refractivity contribution in [1.82, 2.24) is 0 Å². The van der Waals surface area contributed by atoms with Gasteiger partial charge in [-0.3, -0.25) is 4.79 Å². The van der Waals surface area contributed by atoms with Gasteiger partial charge in [0.05, 0.1) is 0 Å². The summed E-state index contributed by atoms with van der Waals surface area (Å²) in [4.78, 5) is 11.0.